The van der Waals surface area contributed by atoms with Gasteiger partial charge in [0, 0.05) is 43.3 Å². The van der Waals surface area contributed by atoms with Gasteiger partial charge in [0.15, 0.2) is 0 Å². The van der Waals surface area contributed by atoms with Crippen LogP contribution >= 0.6 is 0 Å². The quantitative estimate of drug-likeness (QED) is 0.874. The Morgan fingerprint density at radius 2 is 2.15 bits per heavy atom. The van der Waals surface area contributed by atoms with Crippen molar-refractivity contribution in [3.8, 4) is 0 Å². The Hall–Kier alpha value is -1.72. The molecule has 2 heterocycles. The molecule has 0 bridgehead atoms. The monoisotopic (exact) mass is 273 g/mol. The molecule has 0 saturated carbocycles. The summed E-state index contributed by atoms with van der Waals surface area (Å²) in [5.74, 6) is 0. The molecular weight excluding hydrogens is 250 g/mol. The normalized spacial score (nSPS) is 13.1. The summed E-state index contributed by atoms with van der Waals surface area (Å²) >= 11 is 0. The van der Waals surface area contributed by atoms with Crippen LogP contribution in [0, 0.1) is 0 Å². The van der Waals surface area contributed by atoms with Crippen molar-refractivity contribution in [2.45, 2.75) is 32.5 Å². The average Bonchev–Trinajstić information content (AvgIpc) is 2.90. The van der Waals surface area contributed by atoms with Crippen molar-refractivity contribution in [3.63, 3.8) is 0 Å². The topological polar surface area (TPSA) is 60.0 Å². The van der Waals surface area contributed by atoms with Crippen molar-refractivity contribution in [2.24, 2.45) is 5.73 Å². The number of hydrogen-bond donors (Lipinski definition) is 1. The molecule has 0 radical (unpaired) electrons. The van der Waals surface area contributed by atoms with Crippen LogP contribution in [0.15, 0.2) is 36.9 Å². The van der Waals surface area contributed by atoms with Gasteiger partial charge in [0.1, 0.15) is 0 Å². The van der Waals surface area contributed by atoms with Gasteiger partial charge in [0.05, 0.1) is 12.2 Å². The van der Waals surface area contributed by atoms with Gasteiger partial charge in [-0.3, -0.25) is 14.6 Å². The number of hydrogen-bond acceptors (Lipinski definition) is 4. The van der Waals surface area contributed by atoms with E-state index in [2.05, 4.69) is 48.1 Å². The minimum Gasteiger partial charge on any atom is -0.329 e. The minimum absolute atomic E-state index is 0.169. The number of nitrogens with two attached hydrogens (primary N) is 1. The van der Waals surface area contributed by atoms with E-state index in [9.17, 15) is 0 Å². The molecule has 1 atom stereocenters. The lowest BCUT2D eigenvalue weighted by atomic mass is 10.1. The Bertz CT molecular complexity index is 520. The van der Waals surface area contributed by atoms with Gasteiger partial charge in [0.25, 0.3) is 0 Å². The molecule has 108 valence electrons. The molecule has 2 aromatic rings. The van der Waals surface area contributed by atoms with Crippen LogP contribution in [0.25, 0.3) is 0 Å². The Balaban J connectivity index is 2.10. The highest BCUT2D eigenvalue weighted by molar-refractivity contribution is 5.14. The smallest absolute Gasteiger partial charge is 0.0538 e. The maximum absolute atomic E-state index is 5.95. The van der Waals surface area contributed by atoms with Crippen LogP contribution in [-0.2, 0) is 6.54 Å². The van der Waals surface area contributed by atoms with Crippen molar-refractivity contribution in [1.82, 2.24) is 19.7 Å². The number of pyridine rings is 1. The maximum Gasteiger partial charge on any atom is 0.0538 e. The van der Waals surface area contributed by atoms with Crippen LogP contribution in [0.3, 0.4) is 0 Å². The molecule has 0 aromatic carbocycles. The molecule has 0 saturated heterocycles. The van der Waals surface area contributed by atoms with Crippen molar-refractivity contribution < 1.29 is 0 Å². The standard InChI is InChI=1S/C15H23N5/c1-12(2)20-11-14(9-18-20)15(7-16)19(3)10-13-5-4-6-17-8-13/h4-6,8-9,11-12,15H,7,10,16H2,1-3H3. The number of likely N-dealkylation sites (N-methyl/N-ethyl adjacent to an activating group) is 1. The highest BCUT2D eigenvalue weighted by atomic mass is 15.3. The van der Waals surface area contributed by atoms with Crippen LogP contribution in [0.2, 0.25) is 0 Å². The van der Waals surface area contributed by atoms with E-state index >= 15 is 0 Å². The molecule has 5 heteroatoms. The fourth-order valence-electron chi connectivity index (χ4n) is 2.27. The van der Waals surface area contributed by atoms with Crippen LogP contribution in [0.1, 0.15) is 37.1 Å². The lowest BCUT2D eigenvalue weighted by Crippen LogP contribution is -2.30. The summed E-state index contributed by atoms with van der Waals surface area (Å²) < 4.78 is 1.97. The van der Waals surface area contributed by atoms with E-state index in [4.69, 9.17) is 5.73 Å². The molecule has 0 aliphatic rings. The molecule has 0 amide bonds. The predicted octanol–water partition coefficient (Wildman–Crippen LogP) is 1.99. The third kappa shape index (κ3) is 3.43. The second-order valence-electron chi connectivity index (χ2n) is 5.38. The molecular formula is C15H23N5. The lowest BCUT2D eigenvalue weighted by Gasteiger charge is -2.26. The molecule has 2 aromatic heterocycles. The van der Waals surface area contributed by atoms with E-state index in [-0.39, 0.29) is 6.04 Å². The highest BCUT2D eigenvalue weighted by Gasteiger charge is 2.18. The van der Waals surface area contributed by atoms with Gasteiger partial charge in [-0.2, -0.15) is 5.10 Å². The second kappa shape index (κ2) is 6.63. The first-order chi connectivity index (χ1) is 9.61. The third-order valence-corrected chi connectivity index (χ3v) is 3.45. The zero-order valence-corrected chi connectivity index (χ0v) is 12.4. The highest BCUT2D eigenvalue weighted by Crippen LogP contribution is 2.20. The zero-order chi connectivity index (χ0) is 14.5. The maximum atomic E-state index is 5.95. The molecule has 5 nitrogen and oxygen atoms in total. The van der Waals surface area contributed by atoms with E-state index in [1.54, 1.807) is 6.20 Å². The molecule has 0 fully saturated rings. The molecule has 0 aliphatic carbocycles. The summed E-state index contributed by atoms with van der Waals surface area (Å²) in [6.07, 6.45) is 7.68. The molecule has 0 aliphatic heterocycles. The Morgan fingerprint density at radius 3 is 2.70 bits per heavy atom. The SMILES string of the molecule is CC(C)n1cc(C(CN)N(C)Cc2cccnc2)cn1. The first kappa shape index (κ1) is 14.7. The third-order valence-electron chi connectivity index (χ3n) is 3.45. The molecule has 0 spiro atoms. The van der Waals surface area contributed by atoms with Gasteiger partial charge < -0.3 is 5.73 Å². The summed E-state index contributed by atoms with van der Waals surface area (Å²) in [7, 11) is 2.08. The first-order valence-electron chi connectivity index (χ1n) is 6.95. The van der Waals surface area contributed by atoms with Gasteiger partial charge in [-0.25, -0.2) is 0 Å². The number of aromatic nitrogens is 3. The van der Waals surface area contributed by atoms with Gasteiger partial charge in [-0.1, -0.05) is 6.07 Å². The fraction of sp³-hybridized carbons (Fsp3) is 0.467. The van der Waals surface area contributed by atoms with Gasteiger partial charge in [0.2, 0.25) is 0 Å². The van der Waals surface area contributed by atoms with E-state index in [0.717, 1.165) is 12.1 Å². The predicted molar refractivity (Wildman–Crippen MR) is 80.1 cm³/mol. The summed E-state index contributed by atoms with van der Waals surface area (Å²) in [4.78, 5) is 6.38. The Labute approximate surface area is 120 Å². The van der Waals surface area contributed by atoms with Crippen molar-refractivity contribution in [3.05, 3.63) is 48.0 Å². The first-order valence-corrected chi connectivity index (χ1v) is 6.95. The fourth-order valence-corrected chi connectivity index (χ4v) is 2.27. The summed E-state index contributed by atoms with van der Waals surface area (Å²) in [5.41, 5.74) is 8.30. The van der Waals surface area contributed by atoms with E-state index in [1.165, 1.54) is 5.56 Å². The van der Waals surface area contributed by atoms with Gasteiger partial charge in [-0.05, 0) is 32.5 Å². The molecule has 2 rings (SSSR count). The molecule has 20 heavy (non-hydrogen) atoms. The average molecular weight is 273 g/mol. The van der Waals surface area contributed by atoms with Crippen LogP contribution in [-0.4, -0.2) is 33.3 Å². The second-order valence-corrected chi connectivity index (χ2v) is 5.38. The van der Waals surface area contributed by atoms with Crippen LogP contribution in [0.4, 0.5) is 0 Å². The van der Waals surface area contributed by atoms with Crippen molar-refractivity contribution in [1.29, 1.82) is 0 Å². The Morgan fingerprint density at radius 1 is 1.35 bits per heavy atom. The lowest BCUT2D eigenvalue weighted by molar-refractivity contribution is 0.241. The largest absolute Gasteiger partial charge is 0.329 e. The van der Waals surface area contributed by atoms with Gasteiger partial charge >= 0.3 is 0 Å². The Kier molecular flexibility index (Phi) is 4.87. The molecule has 2 N–H and O–H groups in total. The zero-order valence-electron chi connectivity index (χ0n) is 12.4. The van der Waals surface area contributed by atoms with Gasteiger partial charge in [-0.15, -0.1) is 0 Å². The van der Waals surface area contributed by atoms with Crippen molar-refractivity contribution in [2.75, 3.05) is 13.6 Å². The van der Waals surface area contributed by atoms with E-state index in [1.807, 2.05) is 23.1 Å². The number of rotatable bonds is 6. The van der Waals surface area contributed by atoms with Crippen LogP contribution < -0.4 is 5.73 Å². The summed E-state index contributed by atoms with van der Waals surface area (Å²) in [5, 5.41) is 4.40. The summed E-state index contributed by atoms with van der Waals surface area (Å²) in [6, 6.07) is 4.57. The molecule has 1 unspecified atom stereocenters. The summed E-state index contributed by atoms with van der Waals surface area (Å²) in [6.45, 7) is 5.63. The van der Waals surface area contributed by atoms with Crippen molar-refractivity contribution >= 4 is 0 Å². The number of nitrogens with zero attached hydrogens (tertiary/aromatic N) is 4. The van der Waals surface area contributed by atoms with E-state index in [0.29, 0.717) is 12.6 Å². The minimum atomic E-state index is 0.169. The van der Waals surface area contributed by atoms with Crippen LogP contribution in [0.5, 0.6) is 0 Å². The van der Waals surface area contributed by atoms with E-state index < -0.39 is 0 Å².